The average Bonchev–Trinajstić information content (AvgIpc) is 2.53. The topological polar surface area (TPSA) is 41.6 Å². The molecule has 0 bridgehead atoms. The molecule has 1 amide bonds. The van der Waals surface area contributed by atoms with E-state index in [9.17, 15) is 9.18 Å². The Morgan fingerprint density at radius 2 is 1.95 bits per heavy atom. The summed E-state index contributed by atoms with van der Waals surface area (Å²) in [7, 11) is 1.89. The zero-order chi connectivity index (χ0) is 15.1. The summed E-state index contributed by atoms with van der Waals surface area (Å²) in [5.41, 5.74) is 0. The first kappa shape index (κ1) is 18.7. The highest BCUT2D eigenvalue weighted by Gasteiger charge is 2.21. The molecular formula is C16H24ClFN2O2. The fourth-order valence-electron chi connectivity index (χ4n) is 2.52. The van der Waals surface area contributed by atoms with Crippen molar-refractivity contribution in [3.05, 3.63) is 30.1 Å². The Kier molecular flexibility index (Phi) is 8.20. The third kappa shape index (κ3) is 5.81. The van der Waals surface area contributed by atoms with E-state index in [1.54, 1.807) is 12.1 Å². The molecule has 0 spiro atoms. The van der Waals surface area contributed by atoms with Crippen molar-refractivity contribution in [1.82, 2.24) is 10.2 Å². The van der Waals surface area contributed by atoms with Crippen LogP contribution in [0.1, 0.15) is 25.7 Å². The van der Waals surface area contributed by atoms with Gasteiger partial charge in [-0.15, -0.1) is 12.4 Å². The van der Waals surface area contributed by atoms with E-state index in [0.717, 1.165) is 25.9 Å². The average molecular weight is 331 g/mol. The number of rotatable bonds is 6. The summed E-state index contributed by atoms with van der Waals surface area (Å²) >= 11 is 0. The van der Waals surface area contributed by atoms with Crippen molar-refractivity contribution in [1.29, 1.82) is 0 Å². The lowest BCUT2D eigenvalue weighted by molar-refractivity contribution is -0.132. The number of hydrogen-bond donors (Lipinski definition) is 1. The van der Waals surface area contributed by atoms with E-state index in [0.29, 0.717) is 31.2 Å². The first-order valence-electron chi connectivity index (χ1n) is 7.51. The minimum absolute atomic E-state index is 0. The highest BCUT2D eigenvalue weighted by Crippen LogP contribution is 2.13. The van der Waals surface area contributed by atoms with Crippen LogP contribution in [-0.4, -0.2) is 43.6 Å². The molecule has 1 aromatic carbocycles. The molecule has 0 atom stereocenters. The molecule has 124 valence electrons. The van der Waals surface area contributed by atoms with Crippen LogP contribution in [0.5, 0.6) is 5.75 Å². The number of halogens is 2. The third-order valence-corrected chi connectivity index (χ3v) is 3.87. The molecule has 1 heterocycles. The minimum atomic E-state index is -0.277. The minimum Gasteiger partial charge on any atom is -0.494 e. The van der Waals surface area contributed by atoms with Gasteiger partial charge < -0.3 is 15.0 Å². The van der Waals surface area contributed by atoms with Crippen molar-refractivity contribution in [2.45, 2.75) is 31.7 Å². The molecule has 0 unspecified atom stereocenters. The van der Waals surface area contributed by atoms with E-state index in [1.165, 1.54) is 12.1 Å². The van der Waals surface area contributed by atoms with Crippen molar-refractivity contribution >= 4 is 18.3 Å². The fraction of sp³-hybridized carbons (Fsp3) is 0.562. The Bertz CT molecular complexity index is 450. The monoisotopic (exact) mass is 330 g/mol. The number of nitrogens with zero attached hydrogens (tertiary/aromatic N) is 1. The second kappa shape index (κ2) is 9.64. The summed E-state index contributed by atoms with van der Waals surface area (Å²) in [5, 5.41) is 3.30. The van der Waals surface area contributed by atoms with Gasteiger partial charge in [-0.1, -0.05) is 0 Å². The van der Waals surface area contributed by atoms with E-state index in [2.05, 4.69) is 5.32 Å². The summed E-state index contributed by atoms with van der Waals surface area (Å²) in [6.07, 6.45) is 3.20. The Morgan fingerprint density at radius 3 is 2.59 bits per heavy atom. The quantitative estimate of drug-likeness (QED) is 0.815. The van der Waals surface area contributed by atoms with Crippen LogP contribution in [-0.2, 0) is 4.79 Å². The fourth-order valence-corrected chi connectivity index (χ4v) is 2.52. The van der Waals surface area contributed by atoms with Crippen molar-refractivity contribution in [3.8, 4) is 5.75 Å². The van der Waals surface area contributed by atoms with Gasteiger partial charge in [-0.05, 0) is 56.6 Å². The molecule has 0 saturated carbocycles. The number of nitrogens with one attached hydrogen (secondary N) is 1. The Balaban J connectivity index is 0.00000242. The SMILES string of the molecule is CN(C(=O)CCCOc1ccc(F)cc1)C1CCNCC1.Cl. The maximum Gasteiger partial charge on any atom is 0.222 e. The number of carbonyl (C=O) groups is 1. The summed E-state index contributed by atoms with van der Waals surface area (Å²) in [6.45, 7) is 2.43. The zero-order valence-corrected chi connectivity index (χ0v) is 13.7. The van der Waals surface area contributed by atoms with Gasteiger partial charge in [0.15, 0.2) is 0 Å². The van der Waals surface area contributed by atoms with E-state index >= 15 is 0 Å². The van der Waals surface area contributed by atoms with Crippen LogP contribution in [0.3, 0.4) is 0 Å². The number of amides is 1. The van der Waals surface area contributed by atoms with Crippen LogP contribution in [0, 0.1) is 5.82 Å². The Morgan fingerprint density at radius 1 is 1.32 bits per heavy atom. The maximum atomic E-state index is 12.7. The number of carbonyl (C=O) groups excluding carboxylic acids is 1. The number of piperidine rings is 1. The van der Waals surface area contributed by atoms with Gasteiger partial charge in [0.2, 0.25) is 5.91 Å². The second-order valence-electron chi connectivity index (χ2n) is 5.39. The molecule has 0 aliphatic carbocycles. The zero-order valence-electron chi connectivity index (χ0n) is 12.9. The maximum absolute atomic E-state index is 12.7. The highest BCUT2D eigenvalue weighted by molar-refractivity contribution is 5.85. The molecular weight excluding hydrogens is 307 g/mol. The van der Waals surface area contributed by atoms with Crippen LogP contribution in [0.4, 0.5) is 4.39 Å². The molecule has 1 fully saturated rings. The summed E-state index contributed by atoms with van der Waals surface area (Å²) < 4.78 is 18.2. The molecule has 1 N–H and O–H groups in total. The number of ether oxygens (including phenoxy) is 1. The lowest BCUT2D eigenvalue weighted by Crippen LogP contribution is -2.43. The molecule has 1 aromatic rings. The lowest BCUT2D eigenvalue weighted by atomic mass is 10.0. The largest absolute Gasteiger partial charge is 0.494 e. The van der Waals surface area contributed by atoms with Crippen LogP contribution in [0.2, 0.25) is 0 Å². The molecule has 4 nitrogen and oxygen atoms in total. The summed E-state index contributed by atoms with van der Waals surface area (Å²) in [5.74, 6) is 0.529. The van der Waals surface area contributed by atoms with Gasteiger partial charge in [0.25, 0.3) is 0 Å². The van der Waals surface area contributed by atoms with Crippen LogP contribution < -0.4 is 10.1 Å². The van der Waals surface area contributed by atoms with Crippen molar-refractivity contribution in [3.63, 3.8) is 0 Å². The number of hydrogen-bond acceptors (Lipinski definition) is 3. The van der Waals surface area contributed by atoms with Crippen LogP contribution in [0.15, 0.2) is 24.3 Å². The first-order chi connectivity index (χ1) is 10.2. The van der Waals surface area contributed by atoms with Gasteiger partial charge in [-0.3, -0.25) is 4.79 Å². The standard InChI is InChI=1S/C16H23FN2O2.ClH/c1-19(14-8-10-18-11-9-14)16(20)3-2-12-21-15-6-4-13(17)5-7-15;/h4-7,14,18H,2-3,8-12H2,1H3;1H. The molecule has 22 heavy (non-hydrogen) atoms. The highest BCUT2D eigenvalue weighted by atomic mass is 35.5. The molecule has 1 aliphatic heterocycles. The van der Waals surface area contributed by atoms with Crippen molar-refractivity contribution in [2.75, 3.05) is 26.7 Å². The molecule has 0 aromatic heterocycles. The lowest BCUT2D eigenvalue weighted by Gasteiger charge is -2.31. The van der Waals surface area contributed by atoms with E-state index in [-0.39, 0.29) is 24.1 Å². The summed E-state index contributed by atoms with van der Waals surface area (Å²) in [6, 6.07) is 6.28. The Hall–Kier alpha value is -1.33. The normalized spacial score (nSPS) is 15.0. The van der Waals surface area contributed by atoms with Gasteiger partial charge in [0.05, 0.1) is 6.61 Å². The predicted molar refractivity (Wildman–Crippen MR) is 87.0 cm³/mol. The van der Waals surface area contributed by atoms with Crippen LogP contribution in [0.25, 0.3) is 0 Å². The summed E-state index contributed by atoms with van der Waals surface area (Å²) in [4.78, 5) is 14.0. The molecule has 1 aliphatic rings. The van der Waals surface area contributed by atoms with E-state index < -0.39 is 0 Å². The first-order valence-corrected chi connectivity index (χ1v) is 7.51. The molecule has 0 radical (unpaired) electrons. The van der Waals surface area contributed by atoms with Crippen LogP contribution >= 0.6 is 12.4 Å². The Labute approximate surface area is 137 Å². The van der Waals surface area contributed by atoms with Gasteiger partial charge in [-0.2, -0.15) is 0 Å². The van der Waals surface area contributed by atoms with Gasteiger partial charge >= 0.3 is 0 Å². The van der Waals surface area contributed by atoms with Crippen molar-refractivity contribution in [2.24, 2.45) is 0 Å². The van der Waals surface area contributed by atoms with E-state index in [1.807, 2.05) is 11.9 Å². The molecule has 1 saturated heterocycles. The second-order valence-corrected chi connectivity index (χ2v) is 5.39. The van der Waals surface area contributed by atoms with Crippen molar-refractivity contribution < 1.29 is 13.9 Å². The number of benzene rings is 1. The smallest absolute Gasteiger partial charge is 0.222 e. The molecule has 2 rings (SSSR count). The van der Waals surface area contributed by atoms with E-state index in [4.69, 9.17) is 4.74 Å². The van der Waals surface area contributed by atoms with Gasteiger partial charge in [0, 0.05) is 19.5 Å². The van der Waals surface area contributed by atoms with Gasteiger partial charge in [-0.25, -0.2) is 4.39 Å². The predicted octanol–water partition coefficient (Wildman–Crippen LogP) is 2.62. The van der Waals surface area contributed by atoms with Gasteiger partial charge in [0.1, 0.15) is 11.6 Å². The third-order valence-electron chi connectivity index (χ3n) is 3.87. The molecule has 6 heteroatoms.